The summed E-state index contributed by atoms with van der Waals surface area (Å²) in [6.45, 7) is 3.84. The summed E-state index contributed by atoms with van der Waals surface area (Å²) in [5.41, 5.74) is 0.555. The highest BCUT2D eigenvalue weighted by atomic mass is 32.2. The van der Waals surface area contributed by atoms with E-state index in [-0.39, 0.29) is 11.9 Å². The molecule has 1 aromatic rings. The molecule has 110 valence electrons. The lowest BCUT2D eigenvalue weighted by Gasteiger charge is -2.40. The molecule has 0 aromatic carbocycles. The molecule has 7 heteroatoms. The van der Waals surface area contributed by atoms with Crippen molar-refractivity contribution in [2.45, 2.75) is 18.6 Å². The minimum atomic E-state index is -0.464. The molecule has 0 unspecified atom stereocenters. The predicted molar refractivity (Wildman–Crippen MR) is 77.3 cm³/mol. The number of amides is 1. The first-order valence-electron chi connectivity index (χ1n) is 6.81. The molecule has 0 spiro atoms. The SMILES string of the molecule is Cn1cc([C@]2(C)CN(C(=O)[C@H]3CSCN3)CCO2)cn1. The van der Waals surface area contributed by atoms with E-state index in [1.54, 1.807) is 16.4 Å². The number of aromatic nitrogens is 2. The zero-order valence-electron chi connectivity index (χ0n) is 11.8. The van der Waals surface area contributed by atoms with Crippen molar-refractivity contribution in [1.29, 1.82) is 0 Å². The molecule has 2 atom stereocenters. The zero-order valence-corrected chi connectivity index (χ0v) is 12.7. The first kappa shape index (κ1) is 13.9. The third-order valence-electron chi connectivity index (χ3n) is 3.92. The van der Waals surface area contributed by atoms with Crippen LogP contribution in [-0.4, -0.2) is 58.0 Å². The maximum atomic E-state index is 12.5. The summed E-state index contributed by atoms with van der Waals surface area (Å²) in [6.07, 6.45) is 3.77. The smallest absolute Gasteiger partial charge is 0.240 e. The van der Waals surface area contributed by atoms with Crippen LogP contribution in [0.15, 0.2) is 12.4 Å². The molecule has 2 fully saturated rings. The van der Waals surface area contributed by atoms with E-state index in [1.165, 1.54) is 0 Å². The Morgan fingerprint density at radius 3 is 3.15 bits per heavy atom. The van der Waals surface area contributed by atoms with Gasteiger partial charge >= 0.3 is 0 Å². The topological polar surface area (TPSA) is 59.4 Å². The molecule has 6 nitrogen and oxygen atoms in total. The Balaban J connectivity index is 1.74. The Morgan fingerprint density at radius 1 is 1.65 bits per heavy atom. The summed E-state index contributed by atoms with van der Waals surface area (Å²) in [5, 5.41) is 7.44. The first-order chi connectivity index (χ1) is 9.58. The Bertz CT molecular complexity index is 500. The maximum absolute atomic E-state index is 12.5. The third kappa shape index (κ3) is 2.57. The van der Waals surface area contributed by atoms with Crippen molar-refractivity contribution in [2.75, 3.05) is 31.3 Å². The maximum Gasteiger partial charge on any atom is 0.240 e. The quantitative estimate of drug-likeness (QED) is 0.842. The fourth-order valence-corrected chi connectivity index (χ4v) is 3.63. The van der Waals surface area contributed by atoms with Gasteiger partial charge in [-0.15, -0.1) is 11.8 Å². The van der Waals surface area contributed by atoms with Gasteiger partial charge in [0, 0.05) is 37.0 Å². The molecular weight excluding hydrogens is 276 g/mol. The van der Waals surface area contributed by atoms with Crippen LogP contribution in [0, 0.1) is 0 Å². The first-order valence-corrected chi connectivity index (χ1v) is 7.97. The lowest BCUT2D eigenvalue weighted by Crippen LogP contribution is -2.54. The summed E-state index contributed by atoms with van der Waals surface area (Å²) >= 11 is 1.77. The van der Waals surface area contributed by atoms with Crippen LogP contribution >= 0.6 is 11.8 Å². The number of carbonyl (C=O) groups excluding carboxylic acids is 1. The molecule has 1 N–H and O–H groups in total. The monoisotopic (exact) mass is 296 g/mol. The van der Waals surface area contributed by atoms with E-state index < -0.39 is 5.60 Å². The van der Waals surface area contributed by atoms with Crippen molar-refractivity contribution in [3.63, 3.8) is 0 Å². The summed E-state index contributed by atoms with van der Waals surface area (Å²) in [5.74, 6) is 1.91. The molecule has 1 amide bonds. The normalized spacial score (nSPS) is 30.7. The Hall–Kier alpha value is -1.05. The van der Waals surface area contributed by atoms with Crippen LogP contribution in [0.25, 0.3) is 0 Å². The van der Waals surface area contributed by atoms with Crippen LogP contribution in [-0.2, 0) is 22.2 Å². The van der Waals surface area contributed by atoms with Gasteiger partial charge in [-0.05, 0) is 6.92 Å². The summed E-state index contributed by atoms with van der Waals surface area (Å²) in [6, 6.07) is -0.0451. The van der Waals surface area contributed by atoms with E-state index in [4.69, 9.17) is 4.74 Å². The highest BCUT2D eigenvalue weighted by Gasteiger charge is 2.38. The van der Waals surface area contributed by atoms with Gasteiger partial charge in [0.1, 0.15) is 5.60 Å². The number of nitrogens with zero attached hydrogens (tertiary/aromatic N) is 3. The number of hydrogen-bond donors (Lipinski definition) is 1. The van der Waals surface area contributed by atoms with Gasteiger partial charge in [0.2, 0.25) is 5.91 Å². The fraction of sp³-hybridized carbons (Fsp3) is 0.692. The van der Waals surface area contributed by atoms with Crippen molar-refractivity contribution in [3.8, 4) is 0 Å². The lowest BCUT2D eigenvalue weighted by molar-refractivity contribution is -0.151. The van der Waals surface area contributed by atoms with E-state index in [0.29, 0.717) is 19.7 Å². The molecule has 20 heavy (non-hydrogen) atoms. The van der Waals surface area contributed by atoms with Gasteiger partial charge in [0.05, 0.1) is 25.4 Å². The number of carbonyl (C=O) groups is 1. The molecule has 2 aliphatic rings. The minimum Gasteiger partial charge on any atom is -0.367 e. The Labute approximate surface area is 122 Å². The van der Waals surface area contributed by atoms with E-state index in [2.05, 4.69) is 10.4 Å². The molecule has 3 rings (SSSR count). The van der Waals surface area contributed by atoms with Crippen LogP contribution < -0.4 is 5.32 Å². The molecule has 0 radical (unpaired) electrons. The lowest BCUT2D eigenvalue weighted by atomic mass is 9.96. The van der Waals surface area contributed by atoms with E-state index in [1.807, 2.05) is 31.3 Å². The standard InChI is InChI=1S/C13H20N4O2S/c1-13(10-5-15-16(2)6-10)8-17(3-4-19-13)12(18)11-7-20-9-14-11/h5-6,11,14H,3-4,7-9H2,1-2H3/t11-,13+/m1/s1. The molecule has 1 aromatic heterocycles. The Kier molecular flexibility index (Phi) is 3.74. The van der Waals surface area contributed by atoms with Crippen molar-refractivity contribution in [1.82, 2.24) is 20.0 Å². The number of nitrogens with one attached hydrogen (secondary N) is 1. The van der Waals surface area contributed by atoms with Gasteiger partial charge in [-0.25, -0.2) is 0 Å². The zero-order chi connectivity index (χ0) is 14.2. The molecule has 2 saturated heterocycles. The second-order valence-electron chi connectivity index (χ2n) is 5.51. The predicted octanol–water partition coefficient (Wildman–Crippen LogP) is 0.157. The van der Waals surface area contributed by atoms with Crippen LogP contribution in [0.4, 0.5) is 0 Å². The van der Waals surface area contributed by atoms with Gasteiger partial charge in [0.25, 0.3) is 0 Å². The van der Waals surface area contributed by atoms with Gasteiger partial charge < -0.3 is 9.64 Å². The number of ether oxygens (including phenoxy) is 1. The van der Waals surface area contributed by atoms with Crippen molar-refractivity contribution >= 4 is 17.7 Å². The average molecular weight is 296 g/mol. The van der Waals surface area contributed by atoms with Crippen LogP contribution in [0.1, 0.15) is 12.5 Å². The van der Waals surface area contributed by atoms with Crippen molar-refractivity contribution in [2.24, 2.45) is 7.05 Å². The molecule has 2 aliphatic heterocycles. The van der Waals surface area contributed by atoms with Crippen LogP contribution in [0.5, 0.6) is 0 Å². The second kappa shape index (κ2) is 5.38. The minimum absolute atomic E-state index is 0.0451. The van der Waals surface area contributed by atoms with Gasteiger partial charge in [-0.2, -0.15) is 5.10 Å². The summed E-state index contributed by atoms with van der Waals surface area (Å²) in [7, 11) is 1.89. The summed E-state index contributed by atoms with van der Waals surface area (Å²) in [4.78, 5) is 14.4. The van der Waals surface area contributed by atoms with E-state index >= 15 is 0 Å². The summed E-state index contributed by atoms with van der Waals surface area (Å²) < 4.78 is 7.70. The van der Waals surface area contributed by atoms with E-state index in [9.17, 15) is 4.79 Å². The highest BCUT2D eigenvalue weighted by Crippen LogP contribution is 2.29. The molecular formula is C13H20N4O2S. The van der Waals surface area contributed by atoms with Gasteiger partial charge in [0.15, 0.2) is 0 Å². The molecule has 0 saturated carbocycles. The number of hydrogen-bond acceptors (Lipinski definition) is 5. The van der Waals surface area contributed by atoms with Gasteiger partial charge in [-0.3, -0.25) is 14.8 Å². The fourth-order valence-electron chi connectivity index (χ4n) is 2.70. The van der Waals surface area contributed by atoms with E-state index in [0.717, 1.165) is 17.2 Å². The molecule has 0 bridgehead atoms. The van der Waals surface area contributed by atoms with Gasteiger partial charge in [-0.1, -0.05) is 0 Å². The second-order valence-corrected chi connectivity index (χ2v) is 6.54. The largest absolute Gasteiger partial charge is 0.367 e. The molecule has 0 aliphatic carbocycles. The number of aryl methyl sites for hydroxylation is 1. The molecule has 3 heterocycles. The number of rotatable bonds is 2. The Morgan fingerprint density at radius 2 is 2.50 bits per heavy atom. The third-order valence-corrected chi connectivity index (χ3v) is 4.86. The number of morpholine rings is 1. The highest BCUT2D eigenvalue weighted by molar-refractivity contribution is 7.99. The van der Waals surface area contributed by atoms with Crippen LogP contribution in [0.3, 0.4) is 0 Å². The van der Waals surface area contributed by atoms with Crippen molar-refractivity contribution in [3.05, 3.63) is 18.0 Å². The van der Waals surface area contributed by atoms with Crippen molar-refractivity contribution < 1.29 is 9.53 Å². The average Bonchev–Trinajstić information content (AvgIpc) is 3.09. The van der Waals surface area contributed by atoms with Crippen LogP contribution in [0.2, 0.25) is 0 Å². The number of thioether (sulfide) groups is 1.